The molecule has 4 heteroatoms. The van der Waals surface area contributed by atoms with Crippen molar-refractivity contribution in [3.05, 3.63) is 54.4 Å². The lowest BCUT2D eigenvalue weighted by Gasteiger charge is -2.38. The first-order valence-corrected chi connectivity index (χ1v) is 10.7. The fourth-order valence-corrected chi connectivity index (χ4v) is 5.08. The molecular formula is C23H31N3O. The van der Waals surface area contributed by atoms with Crippen molar-refractivity contribution in [2.24, 2.45) is 17.8 Å². The number of fused-ring (bicyclic) bond motifs is 1. The number of hydrogen-bond acceptors (Lipinski definition) is 3. The van der Waals surface area contributed by atoms with Gasteiger partial charge in [-0.25, -0.2) is 0 Å². The highest BCUT2D eigenvalue weighted by Gasteiger charge is 2.43. The molecule has 0 unspecified atom stereocenters. The van der Waals surface area contributed by atoms with Crippen LogP contribution in [0.4, 0.5) is 0 Å². The van der Waals surface area contributed by atoms with E-state index in [1.165, 1.54) is 50.9 Å². The predicted octanol–water partition coefficient (Wildman–Crippen LogP) is 3.80. The van der Waals surface area contributed by atoms with Gasteiger partial charge in [-0.05, 0) is 61.5 Å². The van der Waals surface area contributed by atoms with Gasteiger partial charge in [0.1, 0.15) is 0 Å². The van der Waals surface area contributed by atoms with Crippen molar-refractivity contribution in [3.63, 3.8) is 0 Å². The molecule has 5 rings (SSSR count). The minimum atomic E-state index is 0.334. The minimum Gasteiger partial charge on any atom is -0.376 e. The number of hydrogen-bond donors (Lipinski definition) is 0. The number of ether oxygens (including phenoxy) is 1. The molecule has 1 aromatic heterocycles. The van der Waals surface area contributed by atoms with Gasteiger partial charge in [0.2, 0.25) is 0 Å². The molecule has 1 saturated heterocycles. The number of nitrogens with zero attached hydrogens (tertiary/aromatic N) is 3. The largest absolute Gasteiger partial charge is 0.376 e. The SMILES string of the molecule is c1ccc(CCN2C[C@H]3C[C@H](OCC4CC4)[C@@H](n4cccn4)C[C@H]3C2)cc1. The Morgan fingerprint density at radius 2 is 1.81 bits per heavy atom. The third-order valence-electron chi connectivity index (χ3n) is 6.83. The molecule has 27 heavy (non-hydrogen) atoms. The molecule has 144 valence electrons. The van der Waals surface area contributed by atoms with E-state index in [9.17, 15) is 0 Å². The minimum absolute atomic E-state index is 0.334. The van der Waals surface area contributed by atoms with Crippen molar-refractivity contribution in [2.75, 3.05) is 26.2 Å². The van der Waals surface area contributed by atoms with Gasteiger partial charge in [0.25, 0.3) is 0 Å². The summed E-state index contributed by atoms with van der Waals surface area (Å²) in [4.78, 5) is 2.69. The molecule has 0 amide bonds. The van der Waals surface area contributed by atoms with E-state index in [0.717, 1.165) is 30.8 Å². The summed E-state index contributed by atoms with van der Waals surface area (Å²) in [6.07, 6.45) is 10.7. The molecule has 0 N–H and O–H groups in total. The van der Waals surface area contributed by atoms with Crippen LogP contribution < -0.4 is 0 Å². The van der Waals surface area contributed by atoms with E-state index in [1.807, 2.05) is 12.3 Å². The molecule has 4 nitrogen and oxygen atoms in total. The van der Waals surface area contributed by atoms with Crippen LogP contribution >= 0.6 is 0 Å². The van der Waals surface area contributed by atoms with Gasteiger partial charge in [-0.2, -0.15) is 5.10 Å². The molecule has 0 spiro atoms. The summed E-state index contributed by atoms with van der Waals surface area (Å²) in [5.41, 5.74) is 1.45. The highest BCUT2D eigenvalue weighted by molar-refractivity contribution is 5.15. The second-order valence-electron chi connectivity index (χ2n) is 8.86. The zero-order valence-electron chi connectivity index (χ0n) is 16.1. The van der Waals surface area contributed by atoms with Gasteiger partial charge in [-0.1, -0.05) is 30.3 Å². The lowest BCUT2D eigenvalue weighted by Crippen LogP contribution is -2.38. The topological polar surface area (TPSA) is 30.3 Å². The average molecular weight is 366 g/mol. The van der Waals surface area contributed by atoms with Crippen molar-refractivity contribution in [1.29, 1.82) is 0 Å². The maximum Gasteiger partial charge on any atom is 0.0802 e. The maximum absolute atomic E-state index is 6.44. The predicted molar refractivity (Wildman–Crippen MR) is 107 cm³/mol. The Hall–Kier alpha value is -1.65. The molecule has 2 aliphatic carbocycles. The van der Waals surface area contributed by atoms with Crippen molar-refractivity contribution in [1.82, 2.24) is 14.7 Å². The Kier molecular flexibility index (Phi) is 5.02. The number of likely N-dealkylation sites (tertiary alicyclic amines) is 1. The summed E-state index contributed by atoms with van der Waals surface area (Å²) < 4.78 is 8.60. The van der Waals surface area contributed by atoms with Crippen LogP contribution in [0.3, 0.4) is 0 Å². The molecule has 2 heterocycles. The second kappa shape index (κ2) is 7.76. The van der Waals surface area contributed by atoms with Crippen LogP contribution in [0, 0.1) is 17.8 Å². The highest BCUT2D eigenvalue weighted by Crippen LogP contribution is 2.43. The molecule has 2 saturated carbocycles. The standard InChI is InChI=1S/C23H31N3O/c1-2-5-18(6-3-1)9-12-25-15-20-13-22(26-11-4-10-24-26)23(14-21(20)16-25)27-17-19-7-8-19/h1-6,10-11,19-23H,7-9,12-17H2/t20-,21+,22-,23-/m0/s1. The van der Waals surface area contributed by atoms with Gasteiger partial charge in [0.05, 0.1) is 12.1 Å². The van der Waals surface area contributed by atoms with Crippen LogP contribution in [0.25, 0.3) is 0 Å². The molecular weight excluding hydrogens is 334 g/mol. The molecule has 1 aromatic carbocycles. The summed E-state index contributed by atoms with van der Waals surface area (Å²) >= 11 is 0. The molecule has 4 atom stereocenters. The molecule has 3 aliphatic rings. The lowest BCUT2D eigenvalue weighted by atomic mass is 9.77. The Bertz CT molecular complexity index is 712. The van der Waals surface area contributed by atoms with E-state index in [0.29, 0.717) is 12.1 Å². The number of benzene rings is 1. The summed E-state index contributed by atoms with van der Waals surface area (Å²) in [5.74, 6) is 2.40. The monoisotopic (exact) mass is 365 g/mol. The van der Waals surface area contributed by atoms with Crippen molar-refractivity contribution in [2.45, 2.75) is 44.2 Å². The fourth-order valence-electron chi connectivity index (χ4n) is 5.08. The van der Waals surface area contributed by atoms with Crippen LogP contribution in [0.5, 0.6) is 0 Å². The Balaban J connectivity index is 1.22. The third kappa shape index (κ3) is 4.12. The van der Waals surface area contributed by atoms with E-state index in [1.54, 1.807) is 0 Å². The van der Waals surface area contributed by atoms with Crippen LogP contribution in [0.1, 0.15) is 37.3 Å². The van der Waals surface area contributed by atoms with Gasteiger partial charge < -0.3 is 9.64 Å². The zero-order chi connectivity index (χ0) is 18.1. The van der Waals surface area contributed by atoms with Crippen LogP contribution in [-0.4, -0.2) is 47.0 Å². The number of aromatic nitrogens is 2. The van der Waals surface area contributed by atoms with Gasteiger partial charge in [0.15, 0.2) is 0 Å². The quantitative estimate of drug-likeness (QED) is 0.748. The summed E-state index contributed by atoms with van der Waals surface area (Å²) in [6, 6.07) is 13.4. The van der Waals surface area contributed by atoms with E-state index < -0.39 is 0 Å². The summed E-state index contributed by atoms with van der Waals surface area (Å²) in [7, 11) is 0. The molecule has 0 bridgehead atoms. The Morgan fingerprint density at radius 3 is 2.56 bits per heavy atom. The molecule has 3 fully saturated rings. The van der Waals surface area contributed by atoms with E-state index in [2.05, 4.69) is 51.2 Å². The van der Waals surface area contributed by atoms with E-state index >= 15 is 0 Å². The van der Waals surface area contributed by atoms with Gasteiger partial charge in [0, 0.05) is 38.6 Å². The summed E-state index contributed by atoms with van der Waals surface area (Å²) in [5, 5.41) is 4.57. The van der Waals surface area contributed by atoms with E-state index in [-0.39, 0.29) is 0 Å². The van der Waals surface area contributed by atoms with Crippen molar-refractivity contribution >= 4 is 0 Å². The van der Waals surface area contributed by atoms with Crippen molar-refractivity contribution in [3.8, 4) is 0 Å². The third-order valence-corrected chi connectivity index (χ3v) is 6.83. The first kappa shape index (κ1) is 17.4. The molecule has 1 aliphatic heterocycles. The molecule has 2 aromatic rings. The number of rotatable bonds is 7. The smallest absolute Gasteiger partial charge is 0.0802 e. The fraction of sp³-hybridized carbons (Fsp3) is 0.609. The Morgan fingerprint density at radius 1 is 1.00 bits per heavy atom. The van der Waals surface area contributed by atoms with Gasteiger partial charge in [-0.15, -0.1) is 0 Å². The van der Waals surface area contributed by atoms with Crippen LogP contribution in [0.2, 0.25) is 0 Å². The highest BCUT2D eigenvalue weighted by atomic mass is 16.5. The van der Waals surface area contributed by atoms with Crippen molar-refractivity contribution < 1.29 is 4.74 Å². The Labute approximate surface area is 162 Å². The van der Waals surface area contributed by atoms with Crippen LogP contribution in [0.15, 0.2) is 48.8 Å². The summed E-state index contributed by atoms with van der Waals surface area (Å²) in [6.45, 7) is 4.62. The van der Waals surface area contributed by atoms with Gasteiger partial charge in [-0.3, -0.25) is 4.68 Å². The lowest BCUT2D eigenvalue weighted by molar-refractivity contribution is -0.0371. The van der Waals surface area contributed by atoms with Gasteiger partial charge >= 0.3 is 0 Å². The van der Waals surface area contributed by atoms with E-state index in [4.69, 9.17) is 4.74 Å². The maximum atomic E-state index is 6.44. The molecule has 0 radical (unpaired) electrons. The average Bonchev–Trinajstić information content (AvgIpc) is 3.21. The first-order valence-electron chi connectivity index (χ1n) is 10.7. The zero-order valence-corrected chi connectivity index (χ0v) is 16.1. The first-order chi connectivity index (χ1) is 13.3. The van der Waals surface area contributed by atoms with Crippen LogP contribution in [-0.2, 0) is 11.2 Å². The normalized spacial score (nSPS) is 31.1. The second-order valence-corrected chi connectivity index (χ2v) is 8.86.